The zero-order valence-electron chi connectivity index (χ0n) is 17.3. The number of halogens is 2. The number of hydrogen-bond acceptors (Lipinski definition) is 6. The number of ether oxygens (including phenoxy) is 1. The van der Waals surface area contributed by atoms with Crippen LogP contribution in [0.4, 0.5) is 11.4 Å². The van der Waals surface area contributed by atoms with Crippen molar-refractivity contribution in [3.8, 4) is 11.5 Å². The fourth-order valence-electron chi connectivity index (χ4n) is 3.49. The van der Waals surface area contributed by atoms with Crippen LogP contribution in [0.25, 0.3) is 0 Å². The van der Waals surface area contributed by atoms with Crippen molar-refractivity contribution in [2.45, 2.75) is 25.7 Å². The molecule has 10 nitrogen and oxygen atoms in total. The second-order valence-corrected chi connectivity index (χ2v) is 8.81. The van der Waals surface area contributed by atoms with Crippen molar-refractivity contribution >= 4 is 46.4 Å². The molecule has 12 heteroatoms. The molecule has 0 radical (unpaired) electrons. The first-order valence-corrected chi connectivity index (χ1v) is 10.4. The number of amides is 2. The molecule has 170 valence electrons. The number of benzene rings is 2. The van der Waals surface area contributed by atoms with Crippen LogP contribution in [0.1, 0.15) is 36.3 Å². The molecular weight excluding hydrogens is 473 g/mol. The van der Waals surface area contributed by atoms with Gasteiger partial charge >= 0.3 is 5.69 Å². The molecule has 2 heterocycles. The van der Waals surface area contributed by atoms with Gasteiger partial charge in [0.2, 0.25) is 11.6 Å². The van der Waals surface area contributed by atoms with E-state index in [9.17, 15) is 19.2 Å². The number of rotatable bonds is 4. The van der Waals surface area contributed by atoms with Crippen molar-refractivity contribution < 1.29 is 14.3 Å². The van der Waals surface area contributed by atoms with Gasteiger partial charge in [0.25, 0.3) is 11.5 Å². The first-order valence-electron chi connectivity index (χ1n) is 9.65. The van der Waals surface area contributed by atoms with Gasteiger partial charge in [-0.25, -0.2) is 9.89 Å². The van der Waals surface area contributed by atoms with Gasteiger partial charge in [-0.1, -0.05) is 37.0 Å². The average Bonchev–Trinajstić information content (AvgIpc) is 2.70. The summed E-state index contributed by atoms with van der Waals surface area (Å²) in [6.45, 7) is 3.93. The summed E-state index contributed by atoms with van der Waals surface area (Å²) in [7, 11) is 0. The molecule has 33 heavy (non-hydrogen) atoms. The fraction of sp³-hybridized carbons (Fsp3) is 0.190. The molecule has 0 atom stereocenters. The molecule has 1 aliphatic heterocycles. The van der Waals surface area contributed by atoms with E-state index < -0.39 is 22.9 Å². The van der Waals surface area contributed by atoms with Gasteiger partial charge in [0.1, 0.15) is 5.75 Å². The smallest absolute Gasteiger partial charge is 0.342 e. The second-order valence-electron chi connectivity index (χ2n) is 8.00. The SMILES string of the molecule is CC1(C)CC(=O)Nc2ccc(Oc3c(Cl)cc(NC(=O)c4n[nH]c(=O)[nH]c4=O)cc3Cl)cc21. The van der Waals surface area contributed by atoms with Crippen LogP contribution in [0.5, 0.6) is 11.5 Å². The van der Waals surface area contributed by atoms with E-state index in [0.717, 1.165) is 5.56 Å². The number of aromatic amines is 2. The summed E-state index contributed by atoms with van der Waals surface area (Å²) < 4.78 is 5.91. The van der Waals surface area contributed by atoms with Gasteiger partial charge in [-0.3, -0.25) is 19.4 Å². The maximum Gasteiger partial charge on any atom is 0.342 e. The second kappa shape index (κ2) is 8.38. The molecule has 2 amide bonds. The standard InChI is InChI=1S/C21H17Cl2N5O5/c1-21(2)8-15(29)25-14-4-3-10(7-11(14)21)33-17-12(22)5-9(6-13(17)23)24-18(30)16-19(31)26-20(32)28-27-16/h3-7H,8H2,1-2H3,(H,24,30)(H,25,29)(H2,26,28,31,32). The van der Waals surface area contributed by atoms with Crippen LogP contribution in [-0.2, 0) is 10.2 Å². The van der Waals surface area contributed by atoms with E-state index in [1.807, 2.05) is 30.0 Å². The lowest BCUT2D eigenvalue weighted by Crippen LogP contribution is -2.32. The Hall–Kier alpha value is -3.63. The predicted octanol–water partition coefficient (Wildman–Crippen LogP) is 3.43. The minimum atomic E-state index is -0.945. The van der Waals surface area contributed by atoms with Crippen molar-refractivity contribution in [2.24, 2.45) is 0 Å². The number of aromatic nitrogens is 3. The van der Waals surface area contributed by atoms with Crippen molar-refractivity contribution in [2.75, 3.05) is 10.6 Å². The highest BCUT2D eigenvalue weighted by Crippen LogP contribution is 2.42. The Labute approximate surface area is 196 Å². The Kier molecular flexibility index (Phi) is 5.73. The van der Waals surface area contributed by atoms with Gasteiger partial charge in [0.05, 0.1) is 10.0 Å². The summed E-state index contributed by atoms with van der Waals surface area (Å²) >= 11 is 12.7. The van der Waals surface area contributed by atoms with Crippen molar-refractivity contribution in [1.82, 2.24) is 15.2 Å². The molecule has 1 aromatic heterocycles. The van der Waals surface area contributed by atoms with Gasteiger partial charge in [0.15, 0.2) is 5.75 Å². The summed E-state index contributed by atoms with van der Waals surface area (Å²) in [5.74, 6) is -0.298. The van der Waals surface area contributed by atoms with E-state index in [1.165, 1.54) is 12.1 Å². The van der Waals surface area contributed by atoms with Crippen LogP contribution < -0.4 is 26.6 Å². The molecule has 0 saturated carbocycles. The first-order chi connectivity index (χ1) is 15.5. The summed E-state index contributed by atoms with van der Waals surface area (Å²) in [6, 6.07) is 8.02. The molecule has 3 aromatic rings. The Balaban J connectivity index is 1.58. The van der Waals surface area contributed by atoms with Gasteiger partial charge in [-0.2, -0.15) is 5.10 Å². The van der Waals surface area contributed by atoms with Crippen LogP contribution in [0.15, 0.2) is 39.9 Å². The largest absolute Gasteiger partial charge is 0.454 e. The van der Waals surface area contributed by atoms with E-state index in [4.69, 9.17) is 27.9 Å². The molecule has 4 N–H and O–H groups in total. The Bertz CT molecular complexity index is 1390. The number of carbonyl (C=O) groups excluding carboxylic acids is 2. The number of fused-ring (bicyclic) bond motifs is 1. The summed E-state index contributed by atoms with van der Waals surface area (Å²) in [5.41, 5.74) is -0.891. The lowest BCUT2D eigenvalue weighted by Gasteiger charge is -2.32. The lowest BCUT2D eigenvalue weighted by molar-refractivity contribution is -0.117. The highest BCUT2D eigenvalue weighted by Gasteiger charge is 2.32. The third kappa shape index (κ3) is 4.62. The zero-order chi connectivity index (χ0) is 23.9. The molecule has 0 unspecified atom stereocenters. The fourth-order valence-corrected chi connectivity index (χ4v) is 4.05. The minimum Gasteiger partial charge on any atom is -0.454 e. The molecule has 0 saturated heterocycles. The van der Waals surface area contributed by atoms with Crippen LogP contribution >= 0.6 is 23.2 Å². The molecule has 1 aliphatic rings. The third-order valence-corrected chi connectivity index (χ3v) is 5.56. The maximum atomic E-state index is 12.3. The summed E-state index contributed by atoms with van der Waals surface area (Å²) in [4.78, 5) is 48.9. The van der Waals surface area contributed by atoms with E-state index in [-0.39, 0.29) is 32.8 Å². The number of anilines is 2. The number of H-pyrrole nitrogens is 2. The van der Waals surface area contributed by atoms with E-state index in [2.05, 4.69) is 15.7 Å². The van der Waals surface area contributed by atoms with E-state index >= 15 is 0 Å². The van der Waals surface area contributed by atoms with Crippen molar-refractivity contribution in [3.63, 3.8) is 0 Å². The van der Waals surface area contributed by atoms with Crippen LogP contribution in [0.2, 0.25) is 10.0 Å². The van der Waals surface area contributed by atoms with Crippen LogP contribution in [0, 0.1) is 0 Å². The highest BCUT2D eigenvalue weighted by molar-refractivity contribution is 6.37. The molecule has 0 fully saturated rings. The lowest BCUT2D eigenvalue weighted by atomic mass is 9.78. The number of hydrogen-bond donors (Lipinski definition) is 4. The first kappa shape index (κ1) is 22.6. The number of carbonyl (C=O) groups is 2. The van der Waals surface area contributed by atoms with Gasteiger partial charge in [-0.05, 0) is 35.9 Å². The number of nitrogens with zero attached hydrogens (tertiary/aromatic N) is 1. The van der Waals surface area contributed by atoms with E-state index in [1.54, 1.807) is 12.1 Å². The maximum absolute atomic E-state index is 12.3. The zero-order valence-corrected chi connectivity index (χ0v) is 18.9. The van der Waals surface area contributed by atoms with Crippen molar-refractivity contribution in [1.29, 1.82) is 0 Å². The Morgan fingerprint density at radius 3 is 2.48 bits per heavy atom. The predicted molar refractivity (Wildman–Crippen MR) is 123 cm³/mol. The third-order valence-electron chi connectivity index (χ3n) is 5.00. The molecule has 4 rings (SSSR count). The average molecular weight is 490 g/mol. The monoisotopic (exact) mass is 489 g/mol. The van der Waals surface area contributed by atoms with Crippen molar-refractivity contribution in [3.05, 3.63) is 72.5 Å². The van der Waals surface area contributed by atoms with Crippen LogP contribution in [0.3, 0.4) is 0 Å². The molecular formula is C21H17Cl2N5O5. The van der Waals surface area contributed by atoms with Crippen LogP contribution in [-0.4, -0.2) is 27.0 Å². The molecule has 0 bridgehead atoms. The minimum absolute atomic E-state index is 0.0519. The number of nitrogens with one attached hydrogen (secondary N) is 4. The molecule has 2 aromatic carbocycles. The molecule has 0 spiro atoms. The van der Waals surface area contributed by atoms with E-state index in [0.29, 0.717) is 17.9 Å². The van der Waals surface area contributed by atoms with Gasteiger partial charge < -0.3 is 15.4 Å². The Morgan fingerprint density at radius 1 is 1.12 bits per heavy atom. The normalized spacial score (nSPS) is 14.2. The summed E-state index contributed by atoms with van der Waals surface area (Å²) in [5, 5.41) is 10.9. The van der Waals surface area contributed by atoms with Gasteiger partial charge in [-0.15, -0.1) is 0 Å². The van der Waals surface area contributed by atoms with Gasteiger partial charge in [0, 0.05) is 23.2 Å². The quantitative estimate of drug-likeness (QED) is 0.441. The molecule has 0 aliphatic carbocycles. The highest BCUT2D eigenvalue weighted by atomic mass is 35.5. The topological polar surface area (TPSA) is 146 Å². The summed E-state index contributed by atoms with van der Waals surface area (Å²) in [6.07, 6.45) is 0.340. The Morgan fingerprint density at radius 2 is 1.82 bits per heavy atom.